The van der Waals surface area contributed by atoms with Crippen LogP contribution in [0.5, 0.6) is 5.75 Å². The van der Waals surface area contributed by atoms with Gasteiger partial charge in [0.25, 0.3) is 0 Å². The van der Waals surface area contributed by atoms with E-state index in [0.717, 1.165) is 27.7 Å². The van der Waals surface area contributed by atoms with Gasteiger partial charge in [-0.2, -0.15) is 0 Å². The number of aromatic nitrogens is 3. The van der Waals surface area contributed by atoms with Crippen molar-refractivity contribution in [2.75, 3.05) is 0 Å². The number of carbonyl (C=O) groups is 1. The Bertz CT molecular complexity index is 1150. The van der Waals surface area contributed by atoms with Gasteiger partial charge >= 0.3 is 5.97 Å². The highest BCUT2D eigenvalue weighted by molar-refractivity contribution is 5.91. The molecule has 0 radical (unpaired) electrons. The minimum atomic E-state index is -0.406. The molecular formula is C22H19N3O2. The van der Waals surface area contributed by atoms with Crippen molar-refractivity contribution in [3.8, 4) is 11.4 Å². The lowest BCUT2D eigenvalue weighted by molar-refractivity contribution is 0.0733. The number of benzene rings is 3. The highest BCUT2D eigenvalue weighted by Crippen LogP contribution is 2.29. The summed E-state index contributed by atoms with van der Waals surface area (Å²) in [4.78, 5) is 14.1. The molecule has 0 fully saturated rings. The van der Waals surface area contributed by atoms with Crippen molar-refractivity contribution in [1.29, 1.82) is 0 Å². The van der Waals surface area contributed by atoms with Crippen LogP contribution in [0.25, 0.3) is 16.7 Å². The summed E-state index contributed by atoms with van der Waals surface area (Å²) in [6, 6.07) is 18.8. The number of aryl methyl sites for hydroxylation is 3. The zero-order chi connectivity index (χ0) is 19.0. The van der Waals surface area contributed by atoms with E-state index in [9.17, 15) is 4.79 Å². The molecule has 1 aromatic heterocycles. The van der Waals surface area contributed by atoms with Crippen molar-refractivity contribution in [2.45, 2.75) is 20.8 Å². The maximum atomic E-state index is 12.6. The van der Waals surface area contributed by atoms with Gasteiger partial charge in [0, 0.05) is 0 Å². The van der Waals surface area contributed by atoms with Crippen molar-refractivity contribution in [2.24, 2.45) is 0 Å². The summed E-state index contributed by atoms with van der Waals surface area (Å²) >= 11 is 0. The summed E-state index contributed by atoms with van der Waals surface area (Å²) in [6.45, 7) is 5.92. The van der Waals surface area contributed by atoms with E-state index in [1.807, 2.05) is 69.3 Å². The van der Waals surface area contributed by atoms with Crippen molar-refractivity contribution in [3.63, 3.8) is 0 Å². The summed E-state index contributed by atoms with van der Waals surface area (Å²) in [5.41, 5.74) is 5.75. The van der Waals surface area contributed by atoms with Gasteiger partial charge in [0.15, 0.2) is 5.75 Å². The van der Waals surface area contributed by atoms with E-state index in [1.165, 1.54) is 4.80 Å². The Morgan fingerprint density at radius 1 is 0.852 bits per heavy atom. The molecule has 0 amide bonds. The zero-order valence-corrected chi connectivity index (χ0v) is 15.4. The van der Waals surface area contributed by atoms with E-state index in [4.69, 9.17) is 4.74 Å². The lowest BCUT2D eigenvalue weighted by Crippen LogP contribution is -2.12. The molecule has 0 unspecified atom stereocenters. The summed E-state index contributed by atoms with van der Waals surface area (Å²) in [5.74, 6) is 0.0582. The zero-order valence-electron chi connectivity index (χ0n) is 15.4. The molecule has 0 aliphatic rings. The molecule has 3 aromatic carbocycles. The molecule has 0 saturated heterocycles. The Balaban J connectivity index is 1.81. The van der Waals surface area contributed by atoms with Gasteiger partial charge in [-0.3, -0.25) is 0 Å². The van der Waals surface area contributed by atoms with Crippen LogP contribution in [0.4, 0.5) is 0 Å². The van der Waals surface area contributed by atoms with Crippen LogP contribution in [0, 0.1) is 20.8 Å². The summed E-state index contributed by atoms with van der Waals surface area (Å²) in [7, 11) is 0. The van der Waals surface area contributed by atoms with Gasteiger partial charge in [-0.05, 0) is 67.8 Å². The van der Waals surface area contributed by atoms with E-state index in [1.54, 1.807) is 12.1 Å². The number of hydrogen-bond donors (Lipinski definition) is 0. The molecular weight excluding hydrogens is 338 g/mol. The number of hydrogen-bond acceptors (Lipinski definition) is 4. The van der Waals surface area contributed by atoms with Gasteiger partial charge in [0.1, 0.15) is 16.7 Å². The lowest BCUT2D eigenvalue weighted by atomic mass is 10.1. The van der Waals surface area contributed by atoms with Crippen LogP contribution in [0.3, 0.4) is 0 Å². The molecule has 0 N–H and O–H groups in total. The van der Waals surface area contributed by atoms with E-state index < -0.39 is 5.97 Å². The van der Waals surface area contributed by atoms with Gasteiger partial charge in [-0.25, -0.2) is 4.79 Å². The second kappa shape index (κ2) is 6.68. The molecule has 0 bridgehead atoms. The smallest absolute Gasteiger partial charge is 0.343 e. The summed E-state index contributed by atoms with van der Waals surface area (Å²) in [6.07, 6.45) is 0. The molecule has 0 atom stereocenters. The minimum Gasteiger partial charge on any atom is -0.420 e. The monoisotopic (exact) mass is 357 g/mol. The van der Waals surface area contributed by atoms with E-state index in [2.05, 4.69) is 10.2 Å². The first-order chi connectivity index (χ1) is 13.0. The normalized spacial score (nSPS) is 10.9. The first-order valence-corrected chi connectivity index (χ1v) is 8.74. The molecule has 27 heavy (non-hydrogen) atoms. The quantitative estimate of drug-likeness (QED) is 0.398. The second-order valence-electron chi connectivity index (χ2n) is 6.67. The number of ether oxygens (including phenoxy) is 1. The topological polar surface area (TPSA) is 57.0 Å². The van der Waals surface area contributed by atoms with Gasteiger partial charge in [-0.15, -0.1) is 15.0 Å². The molecule has 5 heteroatoms. The molecule has 134 valence electrons. The van der Waals surface area contributed by atoms with Gasteiger partial charge in [0.2, 0.25) is 0 Å². The first-order valence-electron chi connectivity index (χ1n) is 8.74. The molecule has 5 nitrogen and oxygen atoms in total. The average molecular weight is 357 g/mol. The fourth-order valence-corrected chi connectivity index (χ4v) is 3.07. The number of rotatable bonds is 3. The third kappa shape index (κ3) is 3.31. The Morgan fingerprint density at radius 3 is 2.37 bits per heavy atom. The van der Waals surface area contributed by atoms with Crippen LogP contribution >= 0.6 is 0 Å². The second-order valence-corrected chi connectivity index (χ2v) is 6.67. The SMILES string of the molecule is Cc1cc(C)c(OC(=O)c2ccccc2)c(-n2nc3ccc(C)cc3n2)c1. The summed E-state index contributed by atoms with van der Waals surface area (Å²) in [5, 5.41) is 9.14. The van der Waals surface area contributed by atoms with Crippen LogP contribution in [0.1, 0.15) is 27.0 Å². The Morgan fingerprint density at radius 2 is 1.59 bits per heavy atom. The number of fused-ring (bicyclic) bond motifs is 1. The Kier molecular flexibility index (Phi) is 4.20. The van der Waals surface area contributed by atoms with Crippen LogP contribution in [-0.4, -0.2) is 21.0 Å². The van der Waals surface area contributed by atoms with Crippen molar-refractivity contribution in [3.05, 3.63) is 82.9 Å². The first kappa shape index (κ1) is 17.0. The molecule has 0 aliphatic heterocycles. The highest BCUT2D eigenvalue weighted by atomic mass is 16.5. The van der Waals surface area contributed by atoms with Gasteiger partial charge in [-0.1, -0.05) is 30.3 Å². The maximum Gasteiger partial charge on any atom is 0.343 e. The van der Waals surface area contributed by atoms with Crippen LogP contribution in [0.15, 0.2) is 60.7 Å². The Hall–Kier alpha value is -3.47. The van der Waals surface area contributed by atoms with Crippen LogP contribution in [0.2, 0.25) is 0 Å². The maximum absolute atomic E-state index is 12.6. The third-order valence-corrected chi connectivity index (χ3v) is 4.35. The van der Waals surface area contributed by atoms with Crippen molar-refractivity contribution >= 4 is 17.0 Å². The molecule has 4 rings (SSSR count). The Labute approximate surface area is 157 Å². The molecule has 1 heterocycles. The minimum absolute atomic E-state index is 0.406. The van der Waals surface area contributed by atoms with Gasteiger partial charge in [0.05, 0.1) is 5.56 Å². The number of nitrogens with zero attached hydrogens (tertiary/aromatic N) is 3. The van der Waals surface area contributed by atoms with Crippen LogP contribution in [-0.2, 0) is 0 Å². The fourth-order valence-electron chi connectivity index (χ4n) is 3.07. The predicted octanol–water partition coefficient (Wildman–Crippen LogP) is 4.56. The number of carbonyl (C=O) groups excluding carboxylic acids is 1. The van der Waals surface area contributed by atoms with Crippen molar-refractivity contribution in [1.82, 2.24) is 15.0 Å². The number of esters is 1. The van der Waals surface area contributed by atoms with Crippen LogP contribution < -0.4 is 4.74 Å². The lowest BCUT2D eigenvalue weighted by Gasteiger charge is -2.13. The standard InChI is InChI=1S/C22H19N3O2/c1-14-9-10-18-19(12-14)24-25(23-18)20-13-15(2)11-16(3)21(20)27-22(26)17-7-5-4-6-8-17/h4-13H,1-3H3. The van der Waals surface area contributed by atoms with E-state index in [0.29, 0.717) is 17.0 Å². The third-order valence-electron chi connectivity index (χ3n) is 4.35. The molecule has 4 aromatic rings. The fraction of sp³-hybridized carbons (Fsp3) is 0.136. The van der Waals surface area contributed by atoms with Gasteiger partial charge < -0.3 is 4.74 Å². The molecule has 0 spiro atoms. The largest absolute Gasteiger partial charge is 0.420 e. The highest BCUT2D eigenvalue weighted by Gasteiger charge is 2.18. The molecule has 0 aliphatic carbocycles. The molecule has 0 saturated carbocycles. The van der Waals surface area contributed by atoms with E-state index >= 15 is 0 Å². The average Bonchev–Trinajstić information content (AvgIpc) is 3.07. The summed E-state index contributed by atoms with van der Waals surface area (Å²) < 4.78 is 5.75. The van der Waals surface area contributed by atoms with E-state index in [-0.39, 0.29) is 0 Å². The van der Waals surface area contributed by atoms with Crippen molar-refractivity contribution < 1.29 is 9.53 Å². The predicted molar refractivity (Wildman–Crippen MR) is 104 cm³/mol.